The molecule has 0 amide bonds. The first-order valence-electron chi connectivity index (χ1n) is 3.67. The SMILES string of the molecule is CN(C1CCSC1)S(=O)(=O)CBr. The number of hydrogen-bond donors (Lipinski definition) is 0. The fourth-order valence-electron chi connectivity index (χ4n) is 1.11. The normalized spacial score (nSPS) is 25.1. The highest BCUT2D eigenvalue weighted by molar-refractivity contribution is 9.10. The molecule has 1 heterocycles. The summed E-state index contributed by atoms with van der Waals surface area (Å²) in [7, 11) is -1.39. The van der Waals surface area contributed by atoms with Gasteiger partial charge in [-0.15, -0.1) is 0 Å². The minimum atomic E-state index is -3.04. The van der Waals surface area contributed by atoms with Gasteiger partial charge in [0, 0.05) is 18.8 Å². The molecule has 0 radical (unpaired) electrons. The molecule has 0 aromatic carbocycles. The monoisotopic (exact) mass is 273 g/mol. The van der Waals surface area contributed by atoms with E-state index < -0.39 is 10.0 Å². The van der Waals surface area contributed by atoms with Crippen molar-refractivity contribution in [1.29, 1.82) is 0 Å². The van der Waals surface area contributed by atoms with Crippen molar-refractivity contribution >= 4 is 37.7 Å². The fraction of sp³-hybridized carbons (Fsp3) is 1.00. The molecule has 0 aromatic heterocycles. The summed E-state index contributed by atoms with van der Waals surface area (Å²) < 4.78 is 24.2. The van der Waals surface area contributed by atoms with Gasteiger partial charge in [-0.25, -0.2) is 12.7 Å². The van der Waals surface area contributed by atoms with Crippen molar-refractivity contribution in [1.82, 2.24) is 4.31 Å². The van der Waals surface area contributed by atoms with Crippen LogP contribution < -0.4 is 0 Å². The largest absolute Gasteiger partial charge is 0.224 e. The van der Waals surface area contributed by atoms with E-state index in [9.17, 15) is 8.42 Å². The zero-order valence-electron chi connectivity index (χ0n) is 6.86. The van der Waals surface area contributed by atoms with Crippen molar-refractivity contribution in [2.45, 2.75) is 12.5 Å². The number of thioether (sulfide) groups is 1. The van der Waals surface area contributed by atoms with Crippen LogP contribution in [0.5, 0.6) is 0 Å². The maximum Gasteiger partial charge on any atom is 0.224 e. The summed E-state index contributed by atoms with van der Waals surface area (Å²) in [6.45, 7) is 0. The number of rotatable bonds is 3. The third-order valence-corrected chi connectivity index (χ3v) is 6.33. The third kappa shape index (κ3) is 2.37. The molecule has 0 spiro atoms. The Hall–Kier alpha value is 0.740. The summed E-state index contributed by atoms with van der Waals surface area (Å²) in [4.78, 5) is 0. The summed E-state index contributed by atoms with van der Waals surface area (Å²) in [6.07, 6.45) is 0.980. The summed E-state index contributed by atoms with van der Waals surface area (Å²) >= 11 is 4.80. The number of alkyl halides is 1. The van der Waals surface area contributed by atoms with Gasteiger partial charge in [-0.3, -0.25) is 0 Å². The third-order valence-electron chi connectivity index (χ3n) is 2.00. The predicted molar refractivity (Wildman–Crippen MR) is 56.2 cm³/mol. The quantitative estimate of drug-likeness (QED) is 0.723. The zero-order chi connectivity index (χ0) is 9.19. The number of halogens is 1. The topological polar surface area (TPSA) is 37.4 Å². The number of sulfonamides is 1. The van der Waals surface area contributed by atoms with Crippen LogP contribution in [0, 0.1) is 0 Å². The molecule has 1 rings (SSSR count). The van der Waals surface area contributed by atoms with E-state index in [1.54, 1.807) is 7.05 Å². The molecule has 1 saturated heterocycles. The van der Waals surface area contributed by atoms with Crippen molar-refractivity contribution in [3.8, 4) is 0 Å². The Kier molecular flexibility index (Phi) is 3.88. The van der Waals surface area contributed by atoms with Gasteiger partial charge in [-0.1, -0.05) is 15.9 Å². The van der Waals surface area contributed by atoms with Crippen LogP contribution in [0.1, 0.15) is 6.42 Å². The molecule has 1 aliphatic heterocycles. The zero-order valence-corrected chi connectivity index (χ0v) is 10.1. The van der Waals surface area contributed by atoms with E-state index in [-0.39, 0.29) is 10.7 Å². The molecule has 0 bridgehead atoms. The molecule has 12 heavy (non-hydrogen) atoms. The summed E-state index contributed by atoms with van der Waals surface area (Å²) in [5.41, 5.74) is 0. The summed E-state index contributed by atoms with van der Waals surface area (Å²) in [6, 6.07) is 0.206. The highest BCUT2D eigenvalue weighted by Gasteiger charge is 2.27. The maximum atomic E-state index is 11.4. The van der Waals surface area contributed by atoms with Crippen LogP contribution in [0.4, 0.5) is 0 Å². The van der Waals surface area contributed by atoms with Crippen molar-refractivity contribution in [2.75, 3.05) is 23.2 Å². The van der Waals surface area contributed by atoms with E-state index in [4.69, 9.17) is 0 Å². The second-order valence-corrected chi connectivity index (χ2v) is 7.24. The Morgan fingerprint density at radius 2 is 2.33 bits per heavy atom. The first kappa shape index (κ1) is 10.8. The minimum Gasteiger partial charge on any atom is -0.211 e. The van der Waals surface area contributed by atoms with E-state index in [0.29, 0.717) is 0 Å². The van der Waals surface area contributed by atoms with Gasteiger partial charge in [0.05, 0.1) is 0 Å². The fourth-order valence-corrected chi connectivity index (χ4v) is 4.23. The van der Waals surface area contributed by atoms with Gasteiger partial charge in [-0.2, -0.15) is 11.8 Å². The molecule has 1 atom stereocenters. The van der Waals surface area contributed by atoms with Crippen molar-refractivity contribution < 1.29 is 8.42 Å². The van der Waals surface area contributed by atoms with Gasteiger partial charge in [0.2, 0.25) is 10.0 Å². The summed E-state index contributed by atoms with van der Waals surface area (Å²) in [5, 5.41) is 0. The lowest BCUT2D eigenvalue weighted by molar-refractivity contribution is 0.397. The van der Waals surface area contributed by atoms with Crippen molar-refractivity contribution in [2.24, 2.45) is 0 Å². The molecule has 0 aliphatic carbocycles. The van der Waals surface area contributed by atoms with Gasteiger partial charge < -0.3 is 0 Å². The molecule has 1 aliphatic rings. The van der Waals surface area contributed by atoms with Gasteiger partial charge in [0.25, 0.3) is 0 Å². The molecule has 0 N–H and O–H groups in total. The average molecular weight is 274 g/mol. The van der Waals surface area contributed by atoms with Crippen molar-refractivity contribution in [3.05, 3.63) is 0 Å². The molecule has 1 fully saturated rings. The Labute approximate surface area is 86.1 Å². The predicted octanol–water partition coefficient (Wildman–Crippen LogP) is 1.11. The second kappa shape index (κ2) is 4.30. The smallest absolute Gasteiger partial charge is 0.211 e. The lowest BCUT2D eigenvalue weighted by Gasteiger charge is -2.21. The molecule has 1 unspecified atom stereocenters. The molecular weight excluding hydrogens is 262 g/mol. The van der Waals surface area contributed by atoms with Crippen LogP contribution in [0.2, 0.25) is 0 Å². The number of nitrogens with zero attached hydrogens (tertiary/aromatic N) is 1. The molecule has 3 nitrogen and oxygen atoms in total. The first-order valence-corrected chi connectivity index (χ1v) is 7.56. The lowest BCUT2D eigenvalue weighted by Crippen LogP contribution is -2.37. The van der Waals surface area contributed by atoms with Gasteiger partial charge in [-0.05, 0) is 12.2 Å². The van der Waals surface area contributed by atoms with E-state index in [2.05, 4.69) is 15.9 Å². The van der Waals surface area contributed by atoms with Crippen LogP contribution in [-0.2, 0) is 10.0 Å². The molecule has 0 aromatic rings. The minimum absolute atomic E-state index is 0.0255. The Bertz CT molecular complexity index is 236. The van der Waals surface area contributed by atoms with E-state index in [1.807, 2.05) is 11.8 Å². The second-order valence-electron chi connectivity index (χ2n) is 2.75. The number of hydrogen-bond acceptors (Lipinski definition) is 3. The molecule has 72 valence electrons. The highest BCUT2D eigenvalue weighted by atomic mass is 79.9. The van der Waals surface area contributed by atoms with Crippen LogP contribution in [0.3, 0.4) is 0 Å². The molecule has 6 heteroatoms. The first-order chi connectivity index (χ1) is 5.58. The standard InChI is InChI=1S/C6H12BrNO2S2/c1-8(12(9,10)5-7)6-2-3-11-4-6/h6H,2-5H2,1H3. The van der Waals surface area contributed by atoms with E-state index >= 15 is 0 Å². The van der Waals surface area contributed by atoms with E-state index in [0.717, 1.165) is 17.9 Å². The Morgan fingerprint density at radius 1 is 1.67 bits per heavy atom. The molecular formula is C6H12BrNO2S2. The van der Waals surface area contributed by atoms with Gasteiger partial charge in [0.15, 0.2) is 0 Å². The van der Waals surface area contributed by atoms with Crippen LogP contribution in [0.25, 0.3) is 0 Å². The van der Waals surface area contributed by atoms with Crippen LogP contribution in [0.15, 0.2) is 0 Å². The lowest BCUT2D eigenvalue weighted by atomic mass is 10.3. The van der Waals surface area contributed by atoms with Crippen molar-refractivity contribution in [3.63, 3.8) is 0 Å². The Morgan fingerprint density at radius 3 is 2.75 bits per heavy atom. The average Bonchev–Trinajstić information content (AvgIpc) is 2.55. The summed E-state index contributed by atoms with van der Waals surface area (Å²) in [5.74, 6) is 2.01. The van der Waals surface area contributed by atoms with Gasteiger partial charge in [0.1, 0.15) is 4.66 Å². The van der Waals surface area contributed by atoms with Gasteiger partial charge >= 0.3 is 0 Å². The highest BCUT2D eigenvalue weighted by Crippen LogP contribution is 2.23. The Balaban J connectivity index is 2.63. The molecule has 0 saturated carbocycles. The van der Waals surface area contributed by atoms with Crippen LogP contribution >= 0.6 is 27.7 Å². The van der Waals surface area contributed by atoms with E-state index in [1.165, 1.54) is 4.31 Å². The maximum absolute atomic E-state index is 11.4. The van der Waals surface area contributed by atoms with Crippen LogP contribution in [-0.4, -0.2) is 42.0 Å².